The summed E-state index contributed by atoms with van der Waals surface area (Å²) in [4.78, 5) is 11.2. The van der Waals surface area contributed by atoms with Crippen LogP contribution in [0.5, 0.6) is 0 Å². The summed E-state index contributed by atoms with van der Waals surface area (Å²) in [6, 6.07) is 12.3. The third-order valence-corrected chi connectivity index (χ3v) is 6.13. The van der Waals surface area contributed by atoms with Crippen molar-refractivity contribution in [2.45, 2.75) is 51.4 Å². The summed E-state index contributed by atoms with van der Waals surface area (Å²) in [7, 11) is 0. The third-order valence-electron chi connectivity index (χ3n) is 6.13. The van der Waals surface area contributed by atoms with Gasteiger partial charge in [-0.05, 0) is 62.9 Å². The fourth-order valence-corrected chi connectivity index (χ4v) is 4.28. The molecule has 1 aromatic heterocycles. The molecular weight excluding hydrogens is 402 g/mol. The molecule has 2 aromatic rings. The van der Waals surface area contributed by atoms with E-state index in [2.05, 4.69) is 52.0 Å². The Labute approximate surface area is 190 Å². The monoisotopic (exact) mass is 435 g/mol. The molecule has 1 aromatic carbocycles. The van der Waals surface area contributed by atoms with E-state index in [-0.39, 0.29) is 11.7 Å². The average Bonchev–Trinajstić information content (AvgIpc) is 2.80. The standard InChI is InChI=1S/C25H33N5O2/c1-19-13-21(30-17-25(2,18-30)32-16-20-7-3-5-11-28-20)9-10-23(19)24(29-26)15-27-14-22-8-4-6-12-31-22/h3,5,7,9-11,13,15,22H,4,6,8,12,14,16-18,26H2,1-2H3/b27-15?,29-24+. The Hall–Kier alpha value is -2.77. The first-order valence-corrected chi connectivity index (χ1v) is 11.4. The van der Waals surface area contributed by atoms with Gasteiger partial charge in [-0.1, -0.05) is 12.1 Å². The molecule has 2 aliphatic rings. The summed E-state index contributed by atoms with van der Waals surface area (Å²) >= 11 is 0. The number of ether oxygens (including phenoxy) is 2. The number of nitrogens with zero attached hydrogens (tertiary/aromatic N) is 4. The predicted octanol–water partition coefficient (Wildman–Crippen LogP) is 3.49. The summed E-state index contributed by atoms with van der Waals surface area (Å²) in [5.74, 6) is 5.68. The molecule has 2 fully saturated rings. The van der Waals surface area contributed by atoms with Crippen molar-refractivity contribution in [2.24, 2.45) is 15.9 Å². The first kappa shape index (κ1) is 22.4. The van der Waals surface area contributed by atoms with E-state index in [1.165, 1.54) is 12.1 Å². The van der Waals surface area contributed by atoms with E-state index >= 15 is 0 Å². The molecular formula is C25H33N5O2. The molecule has 0 spiro atoms. The summed E-state index contributed by atoms with van der Waals surface area (Å²) in [5.41, 5.74) is 4.78. The van der Waals surface area contributed by atoms with Crippen LogP contribution >= 0.6 is 0 Å². The smallest absolute Gasteiger partial charge is 0.108 e. The molecule has 1 atom stereocenters. The van der Waals surface area contributed by atoms with Gasteiger partial charge in [0.05, 0.1) is 24.9 Å². The molecule has 2 N–H and O–H groups in total. The molecule has 7 nitrogen and oxygen atoms in total. The number of hydrogen-bond donors (Lipinski definition) is 1. The molecule has 0 radical (unpaired) electrons. The maximum Gasteiger partial charge on any atom is 0.108 e. The van der Waals surface area contributed by atoms with Crippen LogP contribution in [0.4, 0.5) is 5.69 Å². The van der Waals surface area contributed by atoms with E-state index in [0.29, 0.717) is 18.9 Å². The van der Waals surface area contributed by atoms with Gasteiger partial charge in [0.25, 0.3) is 0 Å². The first-order chi connectivity index (χ1) is 15.6. The van der Waals surface area contributed by atoms with Gasteiger partial charge in [0.2, 0.25) is 0 Å². The lowest BCUT2D eigenvalue weighted by molar-refractivity contribution is -0.0627. The van der Waals surface area contributed by atoms with Gasteiger partial charge in [-0.3, -0.25) is 9.98 Å². The number of nitrogens with two attached hydrogens (primary N) is 1. The maximum atomic E-state index is 6.14. The van der Waals surface area contributed by atoms with E-state index in [9.17, 15) is 0 Å². The lowest BCUT2D eigenvalue weighted by atomic mass is 9.94. The van der Waals surface area contributed by atoms with Gasteiger partial charge < -0.3 is 20.2 Å². The molecule has 0 bridgehead atoms. The summed E-state index contributed by atoms with van der Waals surface area (Å²) in [5, 5.41) is 3.97. The van der Waals surface area contributed by atoms with Crippen molar-refractivity contribution in [2.75, 3.05) is 31.1 Å². The molecule has 7 heteroatoms. The second-order valence-electron chi connectivity index (χ2n) is 8.91. The van der Waals surface area contributed by atoms with Crippen molar-refractivity contribution in [1.29, 1.82) is 0 Å². The number of benzene rings is 1. The van der Waals surface area contributed by atoms with Gasteiger partial charge in [0, 0.05) is 43.4 Å². The molecule has 0 amide bonds. The number of aliphatic imine (C=N–C) groups is 1. The van der Waals surface area contributed by atoms with Gasteiger partial charge >= 0.3 is 0 Å². The quantitative estimate of drug-likeness (QED) is 0.390. The van der Waals surface area contributed by atoms with Gasteiger partial charge in [0.15, 0.2) is 0 Å². The Bertz CT molecular complexity index is 948. The summed E-state index contributed by atoms with van der Waals surface area (Å²) in [6.45, 7) is 7.95. The number of aryl methyl sites for hydroxylation is 1. The Morgan fingerprint density at radius 1 is 1.31 bits per heavy atom. The van der Waals surface area contributed by atoms with Crippen LogP contribution in [0.2, 0.25) is 0 Å². The van der Waals surface area contributed by atoms with Crippen molar-refractivity contribution in [3.63, 3.8) is 0 Å². The van der Waals surface area contributed by atoms with E-state index in [0.717, 1.165) is 49.4 Å². The van der Waals surface area contributed by atoms with Crippen LogP contribution in [0.3, 0.4) is 0 Å². The van der Waals surface area contributed by atoms with E-state index in [1.807, 2.05) is 18.2 Å². The van der Waals surface area contributed by atoms with Gasteiger partial charge in [0.1, 0.15) is 11.3 Å². The number of anilines is 1. The van der Waals surface area contributed by atoms with Crippen molar-refractivity contribution in [3.8, 4) is 0 Å². The van der Waals surface area contributed by atoms with Crippen LogP contribution in [-0.4, -0.2) is 54.9 Å². The topological polar surface area (TPSA) is 85.3 Å². The SMILES string of the molecule is Cc1cc(N2CC(C)(OCc3ccccn3)C2)ccc1/C(C=NCC1CCCCO1)=N/N. The zero-order chi connectivity index (χ0) is 22.4. The zero-order valence-electron chi connectivity index (χ0n) is 19.0. The Morgan fingerprint density at radius 2 is 2.19 bits per heavy atom. The minimum absolute atomic E-state index is 0.165. The van der Waals surface area contributed by atoms with Crippen molar-refractivity contribution >= 4 is 17.6 Å². The van der Waals surface area contributed by atoms with Crippen molar-refractivity contribution < 1.29 is 9.47 Å². The largest absolute Gasteiger partial charge is 0.376 e. The van der Waals surface area contributed by atoms with Crippen molar-refractivity contribution in [3.05, 3.63) is 59.4 Å². The van der Waals surface area contributed by atoms with Crippen LogP contribution in [-0.2, 0) is 16.1 Å². The van der Waals surface area contributed by atoms with E-state index in [1.54, 1.807) is 12.4 Å². The van der Waals surface area contributed by atoms with E-state index < -0.39 is 0 Å². The highest BCUT2D eigenvalue weighted by Crippen LogP contribution is 2.32. The number of hydrazone groups is 1. The number of hydrogen-bond acceptors (Lipinski definition) is 7. The van der Waals surface area contributed by atoms with Crippen LogP contribution < -0.4 is 10.7 Å². The van der Waals surface area contributed by atoms with E-state index in [4.69, 9.17) is 15.3 Å². The summed E-state index contributed by atoms with van der Waals surface area (Å²) < 4.78 is 11.9. The Morgan fingerprint density at radius 3 is 2.88 bits per heavy atom. The molecule has 0 saturated carbocycles. The average molecular weight is 436 g/mol. The molecule has 1 unspecified atom stereocenters. The number of pyridine rings is 1. The van der Waals surface area contributed by atoms with Crippen LogP contribution in [0, 0.1) is 6.92 Å². The highest BCUT2D eigenvalue weighted by Gasteiger charge is 2.40. The number of aromatic nitrogens is 1. The Kier molecular flexibility index (Phi) is 7.17. The molecule has 4 rings (SSSR count). The fourth-order valence-electron chi connectivity index (χ4n) is 4.28. The fraction of sp³-hybridized carbons (Fsp3) is 0.480. The van der Waals surface area contributed by atoms with Gasteiger partial charge in [-0.25, -0.2) is 0 Å². The molecule has 3 heterocycles. The van der Waals surface area contributed by atoms with Gasteiger partial charge in [-0.2, -0.15) is 5.10 Å². The Balaban J connectivity index is 1.32. The lowest BCUT2D eigenvalue weighted by Gasteiger charge is -2.49. The minimum atomic E-state index is -0.165. The van der Waals surface area contributed by atoms with Crippen LogP contribution in [0.15, 0.2) is 52.7 Å². The molecule has 2 saturated heterocycles. The van der Waals surface area contributed by atoms with Crippen LogP contribution in [0.1, 0.15) is 43.0 Å². The molecule has 0 aliphatic carbocycles. The predicted molar refractivity (Wildman–Crippen MR) is 128 cm³/mol. The zero-order valence-corrected chi connectivity index (χ0v) is 19.0. The van der Waals surface area contributed by atoms with Crippen LogP contribution in [0.25, 0.3) is 0 Å². The second-order valence-corrected chi connectivity index (χ2v) is 8.91. The van der Waals surface area contributed by atoms with Crippen molar-refractivity contribution in [1.82, 2.24) is 4.98 Å². The lowest BCUT2D eigenvalue weighted by Crippen LogP contribution is -2.61. The minimum Gasteiger partial charge on any atom is -0.376 e. The third kappa shape index (κ3) is 5.53. The summed E-state index contributed by atoms with van der Waals surface area (Å²) in [6.07, 6.45) is 7.21. The molecule has 32 heavy (non-hydrogen) atoms. The normalized spacial score (nSPS) is 21.0. The highest BCUT2D eigenvalue weighted by molar-refractivity contribution is 6.38. The molecule has 170 valence electrons. The highest BCUT2D eigenvalue weighted by atomic mass is 16.5. The molecule has 2 aliphatic heterocycles. The van der Waals surface area contributed by atoms with Gasteiger partial charge in [-0.15, -0.1) is 0 Å². The first-order valence-electron chi connectivity index (χ1n) is 11.4. The number of rotatable bonds is 8. The second kappa shape index (κ2) is 10.2. The maximum absolute atomic E-state index is 6.14.